The maximum atomic E-state index is 15.1. The Labute approximate surface area is 190 Å². The van der Waals surface area contributed by atoms with Gasteiger partial charge in [0.15, 0.2) is 10.7 Å². The summed E-state index contributed by atoms with van der Waals surface area (Å²) in [5.41, 5.74) is 0.239. The summed E-state index contributed by atoms with van der Waals surface area (Å²) >= 11 is 6.20. The Morgan fingerprint density at radius 2 is 2.06 bits per heavy atom. The highest BCUT2D eigenvalue weighted by Crippen LogP contribution is 2.55. The topological polar surface area (TPSA) is 74.3 Å². The molecule has 0 bridgehead atoms. The van der Waals surface area contributed by atoms with E-state index in [1.807, 2.05) is 16.7 Å². The number of nitrogens with one attached hydrogen (secondary N) is 2. The van der Waals surface area contributed by atoms with Gasteiger partial charge in [0.2, 0.25) is 5.95 Å². The molecule has 1 aliphatic heterocycles. The monoisotopic (exact) mass is 488 g/mol. The molecule has 1 saturated carbocycles. The minimum Gasteiger partial charge on any atom is -0.370 e. The molecule has 4 rings (SSSR count). The number of pyridine rings is 1. The molecule has 11 heteroatoms. The molecule has 32 heavy (non-hydrogen) atoms. The molecule has 1 aromatic heterocycles. The summed E-state index contributed by atoms with van der Waals surface area (Å²) in [4.78, 5) is 3.97. The Morgan fingerprint density at radius 1 is 1.28 bits per heavy atom. The van der Waals surface area contributed by atoms with Crippen LogP contribution in [0.15, 0.2) is 29.2 Å². The van der Waals surface area contributed by atoms with E-state index in [0.29, 0.717) is 19.0 Å². The van der Waals surface area contributed by atoms with Crippen LogP contribution in [0.5, 0.6) is 0 Å². The molecule has 1 aromatic carbocycles. The van der Waals surface area contributed by atoms with Gasteiger partial charge in [0.25, 0.3) is 10.0 Å². The molecule has 2 fully saturated rings. The predicted molar refractivity (Wildman–Crippen MR) is 117 cm³/mol. The lowest BCUT2D eigenvalue weighted by Gasteiger charge is -2.47. The van der Waals surface area contributed by atoms with Crippen LogP contribution in [0.3, 0.4) is 0 Å². The summed E-state index contributed by atoms with van der Waals surface area (Å²) in [6, 6.07) is 4.35. The van der Waals surface area contributed by atoms with Gasteiger partial charge in [0.05, 0.1) is 5.69 Å². The number of nitrogens with zero attached hydrogens (tertiary/aromatic N) is 2. The van der Waals surface area contributed by atoms with Crippen molar-refractivity contribution >= 4 is 33.1 Å². The quantitative estimate of drug-likeness (QED) is 0.452. The molecule has 0 unspecified atom stereocenters. The van der Waals surface area contributed by atoms with E-state index >= 15 is 4.39 Å². The average Bonchev–Trinajstić information content (AvgIpc) is 3.17. The fourth-order valence-corrected chi connectivity index (χ4v) is 6.33. The highest BCUT2D eigenvalue weighted by atomic mass is 35.5. The third-order valence-electron chi connectivity index (χ3n) is 6.65. The first-order chi connectivity index (χ1) is 15.2. The number of benzene rings is 1. The Kier molecular flexibility index (Phi) is 6.30. The normalized spacial score (nSPS) is 22.9. The number of hydrogen-bond donors (Lipinski definition) is 2. The Bertz CT molecular complexity index is 1130. The smallest absolute Gasteiger partial charge is 0.268 e. The summed E-state index contributed by atoms with van der Waals surface area (Å²) in [5, 5.41) is 2.70. The van der Waals surface area contributed by atoms with Crippen molar-refractivity contribution in [1.29, 1.82) is 0 Å². The third-order valence-corrected chi connectivity index (χ3v) is 8.39. The molecule has 0 radical (unpaired) electrons. The maximum Gasteiger partial charge on any atom is 0.268 e. The van der Waals surface area contributed by atoms with Crippen LogP contribution in [0.25, 0.3) is 0 Å². The van der Waals surface area contributed by atoms with Gasteiger partial charge >= 0.3 is 0 Å². The zero-order valence-corrected chi connectivity index (χ0v) is 19.0. The van der Waals surface area contributed by atoms with E-state index in [-0.39, 0.29) is 11.1 Å². The van der Waals surface area contributed by atoms with Gasteiger partial charge in [-0.25, -0.2) is 22.2 Å². The number of hydrogen-bond acceptors (Lipinski definition) is 5. The standard InChI is InChI=1S/C21H24ClF3N4O2S/c1-26-9-6-13-5-7-21(13)8-10-29(12-21)15-11-14(23)20(19(25)18(15)22)32(30,31)28-17-4-2-3-16(24)27-17/h2-4,11,13,26H,5-10,12H2,1H3,(H,27,28)/t13-,21-/m0/s1. The van der Waals surface area contributed by atoms with E-state index in [0.717, 1.165) is 44.4 Å². The molecule has 1 spiro atoms. The van der Waals surface area contributed by atoms with Crippen molar-refractivity contribution in [1.82, 2.24) is 10.3 Å². The fourth-order valence-electron chi connectivity index (χ4n) is 4.86. The molecule has 2 heterocycles. The highest BCUT2D eigenvalue weighted by molar-refractivity contribution is 7.92. The first-order valence-corrected chi connectivity index (χ1v) is 12.3. The molecule has 2 N–H and O–H groups in total. The molecular weight excluding hydrogens is 465 g/mol. The van der Waals surface area contributed by atoms with Gasteiger partial charge in [0.1, 0.15) is 16.7 Å². The number of sulfonamides is 1. The van der Waals surface area contributed by atoms with E-state index in [1.54, 1.807) is 0 Å². The average molecular weight is 489 g/mol. The van der Waals surface area contributed by atoms with Gasteiger partial charge in [-0.15, -0.1) is 0 Å². The summed E-state index contributed by atoms with van der Waals surface area (Å²) in [6.07, 6.45) is 4.12. The van der Waals surface area contributed by atoms with Gasteiger partial charge < -0.3 is 10.2 Å². The number of rotatable bonds is 7. The van der Waals surface area contributed by atoms with Crippen LogP contribution < -0.4 is 14.9 Å². The largest absolute Gasteiger partial charge is 0.370 e. The van der Waals surface area contributed by atoms with Gasteiger partial charge in [-0.2, -0.15) is 4.39 Å². The van der Waals surface area contributed by atoms with Crippen LogP contribution in [0.2, 0.25) is 5.02 Å². The summed E-state index contributed by atoms with van der Waals surface area (Å²) in [7, 11) is -2.82. The van der Waals surface area contributed by atoms with Crippen molar-refractivity contribution in [3.8, 4) is 0 Å². The van der Waals surface area contributed by atoms with Gasteiger partial charge in [-0.1, -0.05) is 17.7 Å². The zero-order chi connectivity index (χ0) is 23.1. The second kappa shape index (κ2) is 8.72. The predicted octanol–water partition coefficient (Wildman–Crippen LogP) is 4.17. The first-order valence-electron chi connectivity index (χ1n) is 10.4. The van der Waals surface area contributed by atoms with Crippen molar-refractivity contribution in [3.63, 3.8) is 0 Å². The van der Waals surface area contributed by atoms with Crippen LogP contribution in [0.1, 0.15) is 25.7 Å². The van der Waals surface area contributed by atoms with E-state index in [4.69, 9.17) is 11.6 Å². The molecule has 2 aromatic rings. The Balaban J connectivity index is 1.60. The lowest BCUT2D eigenvalue weighted by Crippen LogP contribution is -2.43. The van der Waals surface area contributed by atoms with E-state index in [1.165, 1.54) is 12.1 Å². The molecule has 2 atom stereocenters. The third kappa shape index (κ3) is 4.15. The van der Waals surface area contributed by atoms with Crippen molar-refractivity contribution < 1.29 is 21.6 Å². The number of anilines is 2. The molecule has 0 amide bonds. The summed E-state index contributed by atoms with van der Waals surface area (Å²) in [6.45, 7) is 2.12. The van der Waals surface area contributed by atoms with E-state index in [9.17, 15) is 17.2 Å². The van der Waals surface area contributed by atoms with Gasteiger partial charge in [-0.3, -0.25) is 4.72 Å². The zero-order valence-electron chi connectivity index (χ0n) is 17.5. The minimum atomic E-state index is -4.73. The van der Waals surface area contributed by atoms with E-state index < -0.39 is 43.3 Å². The molecular formula is C21H24ClF3N4O2S. The molecule has 6 nitrogen and oxygen atoms in total. The lowest BCUT2D eigenvalue weighted by molar-refractivity contribution is 0.0475. The Hall–Kier alpha value is -2.04. The summed E-state index contributed by atoms with van der Waals surface area (Å²) in [5.74, 6) is -3.45. The van der Waals surface area contributed by atoms with Crippen LogP contribution in [0.4, 0.5) is 24.7 Å². The number of aromatic nitrogens is 1. The van der Waals surface area contributed by atoms with Gasteiger partial charge in [-0.05, 0) is 62.7 Å². The van der Waals surface area contributed by atoms with Crippen molar-refractivity contribution in [2.45, 2.75) is 30.6 Å². The van der Waals surface area contributed by atoms with Crippen LogP contribution in [0, 0.1) is 28.9 Å². The molecule has 1 aliphatic carbocycles. The molecule has 174 valence electrons. The minimum absolute atomic E-state index is 0.0997. The number of halogens is 4. The lowest BCUT2D eigenvalue weighted by atomic mass is 9.58. The van der Waals surface area contributed by atoms with Gasteiger partial charge in [0, 0.05) is 19.2 Å². The fraction of sp³-hybridized carbons (Fsp3) is 0.476. The second-order valence-corrected chi connectivity index (χ2v) is 10.4. The van der Waals surface area contributed by atoms with Crippen LogP contribution in [-0.4, -0.2) is 40.1 Å². The Morgan fingerprint density at radius 3 is 2.72 bits per heavy atom. The second-order valence-electron chi connectivity index (χ2n) is 8.45. The first kappa shape index (κ1) is 23.1. The van der Waals surface area contributed by atoms with E-state index in [2.05, 4.69) is 10.3 Å². The maximum absolute atomic E-state index is 15.1. The van der Waals surface area contributed by atoms with Crippen molar-refractivity contribution in [2.24, 2.45) is 11.3 Å². The summed E-state index contributed by atoms with van der Waals surface area (Å²) < 4.78 is 70.3. The highest BCUT2D eigenvalue weighted by Gasteiger charge is 2.50. The van der Waals surface area contributed by atoms with Crippen molar-refractivity contribution in [2.75, 3.05) is 36.3 Å². The van der Waals surface area contributed by atoms with Crippen LogP contribution in [-0.2, 0) is 10.0 Å². The van der Waals surface area contributed by atoms with Crippen molar-refractivity contribution in [3.05, 3.63) is 46.9 Å². The van der Waals surface area contributed by atoms with Crippen LogP contribution >= 0.6 is 11.6 Å². The SMILES string of the molecule is CNCC[C@@H]1CC[C@@]12CCN(c1cc(F)c(S(=O)(=O)Nc3cccc(F)n3)c(F)c1Cl)C2. The molecule has 2 aliphatic rings. The molecule has 1 saturated heterocycles.